The lowest BCUT2D eigenvalue weighted by molar-refractivity contribution is -0.147. The molecule has 6 heterocycles. The first kappa shape index (κ1) is 33.2. The van der Waals surface area contributed by atoms with Crippen LogP contribution in [-0.4, -0.2) is 137 Å². The Kier molecular flexibility index (Phi) is 8.33. The van der Waals surface area contributed by atoms with Crippen molar-refractivity contribution in [3.05, 3.63) is 28.9 Å². The molecule has 3 aromatic rings. The number of anilines is 3. The van der Waals surface area contributed by atoms with Crippen LogP contribution in [0.5, 0.6) is 0 Å². The minimum Gasteiger partial charge on any atom is -0.480 e. The maximum absolute atomic E-state index is 13.3. The number of carboxylic acid groups (broad SMARTS) is 1. The van der Waals surface area contributed by atoms with Gasteiger partial charge in [-0.15, -0.1) is 0 Å². The fourth-order valence-corrected chi connectivity index (χ4v) is 7.61. The molecule has 2 fully saturated rings. The van der Waals surface area contributed by atoms with Gasteiger partial charge in [-0.2, -0.15) is 4.98 Å². The smallest absolute Gasteiger partial charge is 0.322 e. The second-order valence-electron chi connectivity index (χ2n) is 12.2. The number of ether oxygens (including phenoxy) is 1. The lowest BCUT2D eigenvalue weighted by Crippen LogP contribution is -2.63. The van der Waals surface area contributed by atoms with Gasteiger partial charge in [-0.05, 0) is 19.9 Å². The van der Waals surface area contributed by atoms with E-state index in [1.54, 1.807) is 13.8 Å². The third kappa shape index (κ3) is 6.15. The Balaban J connectivity index is 1.11. The molecule has 5 atom stereocenters. The molecule has 6 rings (SSSR count). The topological polar surface area (TPSA) is 310 Å². The van der Waals surface area contributed by atoms with Gasteiger partial charge in [0.15, 0.2) is 33.2 Å². The lowest BCUT2D eigenvalue weighted by Gasteiger charge is -2.39. The zero-order chi connectivity index (χ0) is 34.7. The molecule has 3 aliphatic rings. The monoisotopic (exact) mass is 690 g/mol. The number of carbonyl (C=O) groups is 2. The number of nitrogens with one attached hydrogen (secondary N) is 3. The van der Waals surface area contributed by atoms with Gasteiger partial charge in [0.1, 0.15) is 41.5 Å². The van der Waals surface area contributed by atoms with Crippen molar-refractivity contribution >= 4 is 61.7 Å². The number of pyridine rings is 1. The second-order valence-corrected chi connectivity index (χ2v) is 14.3. The van der Waals surface area contributed by atoms with E-state index in [-0.39, 0.29) is 48.4 Å². The van der Waals surface area contributed by atoms with Crippen LogP contribution in [0, 0.1) is 0 Å². The number of aromatic nitrogens is 5. The number of hydrazine groups is 1. The van der Waals surface area contributed by atoms with Crippen LogP contribution in [0.4, 0.5) is 23.1 Å². The number of nitrogen functional groups attached to an aromatic ring is 2. The second kappa shape index (κ2) is 12.1. The summed E-state index contributed by atoms with van der Waals surface area (Å²) in [4.78, 5) is 58.0. The summed E-state index contributed by atoms with van der Waals surface area (Å²) in [5.74, 6) is -3.53. The van der Waals surface area contributed by atoms with Crippen molar-refractivity contribution in [2.75, 3.05) is 48.0 Å². The maximum Gasteiger partial charge on any atom is 0.322 e. The molecule has 1 amide bonds. The molecule has 258 valence electrons. The predicted molar refractivity (Wildman–Crippen MR) is 168 cm³/mol. The summed E-state index contributed by atoms with van der Waals surface area (Å²) in [6.07, 6.45) is -2.95. The van der Waals surface area contributed by atoms with Crippen molar-refractivity contribution in [3.8, 4) is 0 Å². The van der Waals surface area contributed by atoms with Gasteiger partial charge in [-0.3, -0.25) is 34.3 Å². The van der Waals surface area contributed by atoms with Gasteiger partial charge in [0.05, 0.1) is 23.3 Å². The summed E-state index contributed by atoms with van der Waals surface area (Å²) in [5, 5.41) is 35.7. The van der Waals surface area contributed by atoms with E-state index in [1.165, 1.54) is 33.1 Å². The standard InChI is InChI=1S/C26H34N12O9S/c1-26(2)18(31-15-19(34-26)32-25(28)33-21(15)41)22(42)35-37-6-5-36(12(7-37)24(43)44)10-48(45,46)8-13-16(39)17(40)23(47-13)38-9-30-14-11(27)3-4-29-20(14)38/h3-4,9,12-13,16-17,23,39-40H,5-8,10H2,1-2H3,(H2,27,29)(H,35,42)(H,43,44)(H4,28,32,33,34,41)/t12?,13-,16?,17+,23-/m1/s1. The number of aliphatic carboxylic acids is 1. The number of sulfone groups is 1. The number of aliphatic imine (C=N–C) groups is 1. The Morgan fingerprint density at radius 1 is 1.19 bits per heavy atom. The number of nitrogens with zero attached hydrogens (tertiary/aromatic N) is 7. The first-order valence-electron chi connectivity index (χ1n) is 14.6. The van der Waals surface area contributed by atoms with Gasteiger partial charge in [-0.25, -0.2) is 28.4 Å². The Morgan fingerprint density at radius 2 is 1.94 bits per heavy atom. The normalized spacial score (nSPS) is 26.1. The number of H-pyrrole nitrogens is 1. The van der Waals surface area contributed by atoms with Crippen LogP contribution in [0.15, 0.2) is 28.4 Å². The number of aliphatic hydroxyl groups is 2. The highest BCUT2D eigenvalue weighted by molar-refractivity contribution is 7.91. The van der Waals surface area contributed by atoms with E-state index in [2.05, 4.69) is 35.7 Å². The van der Waals surface area contributed by atoms with Crippen molar-refractivity contribution < 1.29 is 38.1 Å². The van der Waals surface area contributed by atoms with E-state index >= 15 is 0 Å². The zero-order valence-corrected chi connectivity index (χ0v) is 26.5. The van der Waals surface area contributed by atoms with E-state index in [9.17, 15) is 38.1 Å². The van der Waals surface area contributed by atoms with Crippen LogP contribution in [0.2, 0.25) is 0 Å². The molecule has 10 N–H and O–H groups in total. The van der Waals surface area contributed by atoms with Gasteiger partial charge < -0.3 is 36.8 Å². The number of amides is 1. The average Bonchev–Trinajstić information content (AvgIpc) is 3.53. The molecule has 0 aliphatic carbocycles. The van der Waals surface area contributed by atoms with Gasteiger partial charge in [0.25, 0.3) is 11.5 Å². The van der Waals surface area contributed by atoms with Crippen LogP contribution in [0.25, 0.3) is 11.2 Å². The molecule has 0 bridgehead atoms. The Morgan fingerprint density at radius 3 is 2.67 bits per heavy atom. The van der Waals surface area contributed by atoms with E-state index in [1.807, 2.05) is 0 Å². The highest BCUT2D eigenvalue weighted by Crippen LogP contribution is 2.33. The molecule has 48 heavy (non-hydrogen) atoms. The molecule has 0 radical (unpaired) electrons. The summed E-state index contributed by atoms with van der Waals surface area (Å²) in [6, 6.07) is 0.181. The molecule has 22 heteroatoms. The fourth-order valence-electron chi connectivity index (χ4n) is 5.92. The van der Waals surface area contributed by atoms with Gasteiger partial charge >= 0.3 is 5.97 Å². The largest absolute Gasteiger partial charge is 0.480 e. The van der Waals surface area contributed by atoms with E-state index in [0.29, 0.717) is 11.2 Å². The number of aromatic amines is 1. The number of nitrogens with two attached hydrogens (primary N) is 2. The molecule has 21 nitrogen and oxygen atoms in total. The third-order valence-electron chi connectivity index (χ3n) is 8.29. The van der Waals surface area contributed by atoms with Crippen LogP contribution in [0.3, 0.4) is 0 Å². The fraction of sp³-hybridized carbons (Fsp3) is 0.500. The molecule has 3 aliphatic heterocycles. The van der Waals surface area contributed by atoms with Crippen LogP contribution in [0.1, 0.15) is 20.1 Å². The molecule has 0 aromatic carbocycles. The van der Waals surface area contributed by atoms with Crippen LogP contribution >= 0.6 is 0 Å². The first-order chi connectivity index (χ1) is 22.5. The average molecular weight is 691 g/mol. The van der Waals surface area contributed by atoms with Crippen molar-refractivity contribution in [1.29, 1.82) is 0 Å². The van der Waals surface area contributed by atoms with Crippen molar-refractivity contribution in [1.82, 2.24) is 39.8 Å². The highest BCUT2D eigenvalue weighted by Gasteiger charge is 2.47. The third-order valence-corrected chi connectivity index (χ3v) is 9.86. The minimum atomic E-state index is -4.11. The summed E-state index contributed by atoms with van der Waals surface area (Å²) < 4.78 is 33.7. The lowest BCUT2D eigenvalue weighted by atomic mass is 9.95. The molecular weight excluding hydrogens is 656 g/mol. The van der Waals surface area contributed by atoms with Crippen molar-refractivity contribution in [2.24, 2.45) is 4.99 Å². The Bertz CT molecular complexity index is 1980. The van der Waals surface area contributed by atoms with Crippen LogP contribution < -0.4 is 27.8 Å². The molecule has 2 saturated heterocycles. The predicted octanol–water partition coefficient (Wildman–Crippen LogP) is -3.25. The molecule has 3 aromatic heterocycles. The number of carboxylic acids is 1. The van der Waals surface area contributed by atoms with Crippen LogP contribution in [-0.2, 0) is 24.2 Å². The van der Waals surface area contributed by atoms with Crippen molar-refractivity contribution in [2.45, 2.75) is 50.0 Å². The number of rotatable bonds is 8. The van der Waals surface area contributed by atoms with Crippen molar-refractivity contribution in [3.63, 3.8) is 0 Å². The van der Waals surface area contributed by atoms with E-state index in [4.69, 9.17) is 16.2 Å². The van der Waals surface area contributed by atoms with E-state index in [0.717, 1.165) is 0 Å². The SMILES string of the molecule is CC1(C)Nc2nc(N)[nH]c(=O)c2N=C1C(=O)NN1CCN(CS(=O)(=O)C[C@H]2O[C@@H](n3cnc4c(N)ccnc43)[C@@H](O)C2O)C(C(=O)O)C1. The summed E-state index contributed by atoms with van der Waals surface area (Å²) in [5.41, 5.74) is 13.1. The zero-order valence-electron chi connectivity index (χ0n) is 25.6. The molecule has 0 spiro atoms. The maximum atomic E-state index is 13.3. The Labute approximate surface area is 271 Å². The van der Waals surface area contributed by atoms with Gasteiger partial charge in [0.2, 0.25) is 5.95 Å². The number of hydrogen-bond acceptors (Lipinski definition) is 17. The Hall–Kier alpha value is -4.74. The van der Waals surface area contributed by atoms with Gasteiger partial charge in [-0.1, -0.05) is 0 Å². The molecular formula is C26H34N12O9S. The number of piperazine rings is 1. The summed E-state index contributed by atoms with van der Waals surface area (Å²) >= 11 is 0. The summed E-state index contributed by atoms with van der Waals surface area (Å²) in [6.45, 7) is 2.93. The highest BCUT2D eigenvalue weighted by atomic mass is 32.2. The molecule has 0 saturated carbocycles. The number of imidazole rings is 1. The van der Waals surface area contributed by atoms with Gasteiger partial charge in [0, 0.05) is 25.8 Å². The van der Waals surface area contributed by atoms with E-state index < -0.39 is 75.0 Å². The number of aliphatic hydroxyl groups excluding tert-OH is 2. The number of carbonyl (C=O) groups excluding carboxylic acids is 1. The summed E-state index contributed by atoms with van der Waals surface area (Å²) in [7, 11) is -4.11. The number of hydrogen-bond donors (Lipinski definition) is 8. The quantitative estimate of drug-likeness (QED) is 0.115. The minimum absolute atomic E-state index is 0.0363. The number of fused-ring (bicyclic) bond motifs is 2. The molecule has 2 unspecified atom stereocenters. The first-order valence-corrected chi connectivity index (χ1v) is 16.5.